The van der Waals surface area contributed by atoms with Gasteiger partial charge in [-0.2, -0.15) is 0 Å². The molecule has 0 spiro atoms. The van der Waals surface area contributed by atoms with Crippen LogP contribution >= 0.6 is 0 Å². The molecular weight excluding hydrogens is 226 g/mol. The number of aryl methyl sites for hydroxylation is 2. The van der Waals surface area contributed by atoms with Crippen LogP contribution in [0.5, 0.6) is 0 Å². The molecule has 0 amide bonds. The van der Waals surface area contributed by atoms with E-state index in [0.29, 0.717) is 19.1 Å². The van der Waals surface area contributed by atoms with Crippen LogP contribution in [-0.4, -0.2) is 33.3 Å². The molecule has 0 bridgehead atoms. The van der Waals surface area contributed by atoms with Crippen LogP contribution in [-0.2, 0) is 19.4 Å². The van der Waals surface area contributed by atoms with Gasteiger partial charge in [0.2, 0.25) is 0 Å². The maximum Gasteiger partial charge on any atom is 0.106 e. The second kappa shape index (κ2) is 5.02. The molecule has 1 unspecified atom stereocenters. The number of imidazole rings is 1. The van der Waals surface area contributed by atoms with E-state index in [1.54, 1.807) is 0 Å². The monoisotopic (exact) mass is 249 g/mol. The third-order valence-electron chi connectivity index (χ3n) is 4.04. The van der Waals surface area contributed by atoms with Gasteiger partial charge in [-0.05, 0) is 45.4 Å². The summed E-state index contributed by atoms with van der Waals surface area (Å²) in [6.07, 6.45) is 6.99. The molecule has 0 aliphatic heterocycles. The maximum atomic E-state index is 10.1. The first-order valence-electron chi connectivity index (χ1n) is 7.20. The number of nitrogens with zero attached hydrogens (tertiary/aromatic N) is 2. The van der Waals surface area contributed by atoms with Crippen LogP contribution in [0, 0.1) is 6.92 Å². The molecule has 1 aromatic rings. The third kappa shape index (κ3) is 2.59. The van der Waals surface area contributed by atoms with Crippen molar-refractivity contribution in [2.45, 2.75) is 64.1 Å². The number of aliphatic hydroxyl groups is 1. The number of aromatic nitrogens is 2. The van der Waals surface area contributed by atoms with Gasteiger partial charge in [-0.15, -0.1) is 0 Å². The van der Waals surface area contributed by atoms with Gasteiger partial charge >= 0.3 is 0 Å². The Morgan fingerprint density at radius 2 is 2.17 bits per heavy atom. The zero-order chi connectivity index (χ0) is 12.5. The summed E-state index contributed by atoms with van der Waals surface area (Å²) < 4.78 is 2.23. The number of aliphatic hydroxyl groups excluding tert-OH is 1. The Morgan fingerprint density at radius 1 is 1.39 bits per heavy atom. The molecule has 18 heavy (non-hydrogen) atoms. The van der Waals surface area contributed by atoms with Crippen LogP contribution in [0.2, 0.25) is 0 Å². The zero-order valence-electron chi connectivity index (χ0n) is 11.2. The summed E-state index contributed by atoms with van der Waals surface area (Å²) in [7, 11) is 0. The summed E-state index contributed by atoms with van der Waals surface area (Å²) in [5.74, 6) is 1.06. The average molecular weight is 249 g/mol. The summed E-state index contributed by atoms with van der Waals surface area (Å²) in [4.78, 5) is 4.64. The van der Waals surface area contributed by atoms with E-state index in [4.69, 9.17) is 0 Å². The Kier molecular flexibility index (Phi) is 3.39. The summed E-state index contributed by atoms with van der Waals surface area (Å²) >= 11 is 0. The lowest BCUT2D eigenvalue weighted by Gasteiger charge is -2.18. The highest BCUT2D eigenvalue weighted by molar-refractivity contribution is 5.20. The number of fused-ring (bicyclic) bond motifs is 1. The lowest BCUT2D eigenvalue weighted by Crippen LogP contribution is -2.32. The number of nitrogens with one attached hydrogen (secondary N) is 1. The normalized spacial score (nSPS) is 20.8. The van der Waals surface area contributed by atoms with Crippen molar-refractivity contribution >= 4 is 0 Å². The van der Waals surface area contributed by atoms with Gasteiger partial charge in [0.25, 0.3) is 0 Å². The van der Waals surface area contributed by atoms with Crippen LogP contribution in [0.4, 0.5) is 0 Å². The molecule has 2 aliphatic carbocycles. The largest absolute Gasteiger partial charge is 0.390 e. The van der Waals surface area contributed by atoms with Crippen molar-refractivity contribution in [1.29, 1.82) is 0 Å². The first kappa shape index (κ1) is 12.2. The minimum atomic E-state index is -0.301. The summed E-state index contributed by atoms with van der Waals surface area (Å²) in [5, 5.41) is 13.5. The molecule has 0 aromatic carbocycles. The summed E-state index contributed by atoms with van der Waals surface area (Å²) in [5.41, 5.74) is 2.63. The standard InChI is InChI=1S/C14H23N3O/c1-10-16-13-4-2-3-5-14(13)17(10)9-12(18)8-15-11-6-7-11/h11-12,15,18H,2-9H2,1H3. The number of hydrogen-bond donors (Lipinski definition) is 2. The van der Waals surface area contributed by atoms with E-state index in [-0.39, 0.29) is 6.10 Å². The Morgan fingerprint density at radius 3 is 2.94 bits per heavy atom. The average Bonchev–Trinajstić information content (AvgIpc) is 3.14. The van der Waals surface area contributed by atoms with E-state index < -0.39 is 0 Å². The first-order valence-corrected chi connectivity index (χ1v) is 7.20. The highest BCUT2D eigenvalue weighted by Gasteiger charge is 2.23. The summed E-state index contributed by atoms with van der Waals surface area (Å²) in [6.45, 7) is 3.45. The van der Waals surface area contributed by atoms with Crippen molar-refractivity contribution < 1.29 is 5.11 Å². The fourth-order valence-corrected chi connectivity index (χ4v) is 2.84. The van der Waals surface area contributed by atoms with Crippen molar-refractivity contribution in [3.8, 4) is 0 Å². The predicted octanol–water partition coefficient (Wildman–Crippen LogP) is 1.18. The highest BCUT2D eigenvalue weighted by Crippen LogP contribution is 2.22. The van der Waals surface area contributed by atoms with Crippen LogP contribution in [0.15, 0.2) is 0 Å². The molecule has 0 saturated heterocycles. The number of hydrogen-bond acceptors (Lipinski definition) is 3. The van der Waals surface area contributed by atoms with E-state index in [0.717, 1.165) is 18.7 Å². The van der Waals surface area contributed by atoms with E-state index in [1.807, 2.05) is 0 Å². The maximum absolute atomic E-state index is 10.1. The van der Waals surface area contributed by atoms with Crippen molar-refractivity contribution in [1.82, 2.24) is 14.9 Å². The molecular formula is C14H23N3O. The molecule has 2 N–H and O–H groups in total. The van der Waals surface area contributed by atoms with Gasteiger partial charge in [0, 0.05) is 18.3 Å². The predicted molar refractivity (Wildman–Crippen MR) is 70.6 cm³/mol. The molecule has 1 atom stereocenters. The van der Waals surface area contributed by atoms with Crippen molar-refractivity contribution in [2.75, 3.05) is 6.54 Å². The van der Waals surface area contributed by atoms with Crippen molar-refractivity contribution in [2.24, 2.45) is 0 Å². The molecule has 1 heterocycles. The van der Waals surface area contributed by atoms with Gasteiger partial charge in [0.05, 0.1) is 18.3 Å². The second-order valence-corrected chi connectivity index (χ2v) is 5.71. The molecule has 1 fully saturated rings. The zero-order valence-corrected chi connectivity index (χ0v) is 11.2. The van der Waals surface area contributed by atoms with Gasteiger partial charge < -0.3 is 15.0 Å². The van der Waals surface area contributed by atoms with E-state index in [2.05, 4.69) is 21.8 Å². The smallest absolute Gasteiger partial charge is 0.106 e. The molecule has 2 aliphatic rings. The Hall–Kier alpha value is -0.870. The van der Waals surface area contributed by atoms with E-state index in [9.17, 15) is 5.11 Å². The van der Waals surface area contributed by atoms with Crippen LogP contribution in [0.1, 0.15) is 42.9 Å². The van der Waals surface area contributed by atoms with Crippen molar-refractivity contribution in [3.63, 3.8) is 0 Å². The molecule has 0 radical (unpaired) electrons. The molecule has 1 aromatic heterocycles. The summed E-state index contributed by atoms with van der Waals surface area (Å²) in [6, 6.07) is 0.664. The second-order valence-electron chi connectivity index (χ2n) is 5.71. The molecule has 1 saturated carbocycles. The minimum Gasteiger partial charge on any atom is -0.390 e. The Bertz CT molecular complexity index is 423. The topological polar surface area (TPSA) is 50.1 Å². The highest BCUT2D eigenvalue weighted by atomic mass is 16.3. The quantitative estimate of drug-likeness (QED) is 0.824. The third-order valence-corrected chi connectivity index (χ3v) is 4.04. The van der Waals surface area contributed by atoms with Crippen LogP contribution in [0.3, 0.4) is 0 Å². The van der Waals surface area contributed by atoms with E-state index in [1.165, 1.54) is 37.1 Å². The fraction of sp³-hybridized carbons (Fsp3) is 0.786. The molecule has 4 nitrogen and oxygen atoms in total. The minimum absolute atomic E-state index is 0.301. The first-order chi connectivity index (χ1) is 8.74. The molecule has 4 heteroatoms. The van der Waals surface area contributed by atoms with Gasteiger partial charge in [0.15, 0.2) is 0 Å². The lowest BCUT2D eigenvalue weighted by atomic mass is 10.0. The van der Waals surface area contributed by atoms with Gasteiger partial charge in [-0.1, -0.05) is 0 Å². The van der Waals surface area contributed by atoms with Gasteiger partial charge in [0.1, 0.15) is 5.82 Å². The van der Waals surface area contributed by atoms with Gasteiger partial charge in [-0.3, -0.25) is 0 Å². The van der Waals surface area contributed by atoms with Crippen LogP contribution in [0.25, 0.3) is 0 Å². The lowest BCUT2D eigenvalue weighted by molar-refractivity contribution is 0.149. The van der Waals surface area contributed by atoms with E-state index >= 15 is 0 Å². The van der Waals surface area contributed by atoms with Crippen molar-refractivity contribution in [3.05, 3.63) is 17.2 Å². The van der Waals surface area contributed by atoms with Crippen LogP contribution < -0.4 is 5.32 Å². The number of rotatable bonds is 5. The Balaban J connectivity index is 1.65. The Labute approximate surface area is 108 Å². The molecule has 3 rings (SSSR count). The fourth-order valence-electron chi connectivity index (χ4n) is 2.84. The van der Waals surface area contributed by atoms with Gasteiger partial charge in [-0.25, -0.2) is 4.98 Å². The SMILES string of the molecule is Cc1nc2c(n1CC(O)CNC1CC1)CCCC2. The molecule has 100 valence electrons.